The summed E-state index contributed by atoms with van der Waals surface area (Å²) in [6.07, 6.45) is 4.32. The Balaban J connectivity index is 2.37. The van der Waals surface area contributed by atoms with Crippen molar-refractivity contribution in [2.24, 2.45) is 5.92 Å². The molecule has 0 aliphatic heterocycles. The maximum absolute atomic E-state index is 11.7. The molecule has 1 rings (SSSR count). The van der Waals surface area contributed by atoms with E-state index in [4.69, 9.17) is 9.84 Å². The molecule has 1 saturated carbocycles. The number of rotatable bonds is 2. The lowest BCUT2D eigenvalue weighted by Crippen LogP contribution is -2.39. The highest BCUT2D eigenvalue weighted by molar-refractivity contribution is 5.70. The summed E-state index contributed by atoms with van der Waals surface area (Å²) in [5.74, 6) is -0.916. The van der Waals surface area contributed by atoms with Gasteiger partial charge in [0, 0.05) is 6.04 Å². The monoisotopic (exact) mass is 271 g/mol. The second-order valence-corrected chi connectivity index (χ2v) is 6.24. The van der Waals surface area contributed by atoms with Crippen molar-refractivity contribution >= 4 is 12.1 Å². The maximum Gasteiger partial charge on any atom is 0.407 e. The molecule has 0 atom stereocenters. The van der Waals surface area contributed by atoms with E-state index in [1.807, 2.05) is 20.8 Å². The number of carbonyl (C=O) groups is 2. The number of hydrogen-bond donors (Lipinski definition) is 2. The molecule has 0 bridgehead atoms. The van der Waals surface area contributed by atoms with Gasteiger partial charge < -0.3 is 15.2 Å². The summed E-state index contributed by atoms with van der Waals surface area (Å²) in [6.45, 7) is 5.51. The van der Waals surface area contributed by atoms with Crippen molar-refractivity contribution in [3.05, 3.63) is 0 Å². The molecular weight excluding hydrogens is 246 g/mol. The van der Waals surface area contributed by atoms with Crippen molar-refractivity contribution < 1.29 is 19.4 Å². The van der Waals surface area contributed by atoms with E-state index < -0.39 is 11.6 Å². The molecule has 0 aromatic heterocycles. The number of aliphatic carboxylic acids is 1. The molecule has 1 aliphatic rings. The van der Waals surface area contributed by atoms with Crippen molar-refractivity contribution in [2.75, 3.05) is 0 Å². The van der Waals surface area contributed by atoms with Crippen LogP contribution in [0, 0.1) is 5.92 Å². The first-order valence-corrected chi connectivity index (χ1v) is 7.00. The zero-order valence-corrected chi connectivity index (χ0v) is 12.1. The van der Waals surface area contributed by atoms with E-state index in [1.54, 1.807) is 0 Å². The molecule has 5 heteroatoms. The minimum atomic E-state index is -0.696. The van der Waals surface area contributed by atoms with Crippen molar-refractivity contribution in [1.29, 1.82) is 0 Å². The van der Waals surface area contributed by atoms with E-state index in [0.717, 1.165) is 25.7 Å². The van der Waals surface area contributed by atoms with Gasteiger partial charge in [0.15, 0.2) is 0 Å². The van der Waals surface area contributed by atoms with Gasteiger partial charge in [0.2, 0.25) is 0 Å². The van der Waals surface area contributed by atoms with E-state index in [9.17, 15) is 9.59 Å². The van der Waals surface area contributed by atoms with Gasteiger partial charge in [-0.1, -0.05) is 12.8 Å². The molecule has 0 radical (unpaired) electrons. The Bertz CT molecular complexity index is 312. The van der Waals surface area contributed by atoms with Crippen LogP contribution in [0.1, 0.15) is 59.3 Å². The lowest BCUT2D eigenvalue weighted by Gasteiger charge is -2.26. The largest absolute Gasteiger partial charge is 0.481 e. The summed E-state index contributed by atoms with van der Waals surface area (Å²) in [4.78, 5) is 22.6. The fraction of sp³-hybridized carbons (Fsp3) is 0.857. The summed E-state index contributed by atoms with van der Waals surface area (Å²) in [6, 6.07) is 0.101. The molecule has 0 heterocycles. The van der Waals surface area contributed by atoms with E-state index in [-0.39, 0.29) is 18.1 Å². The molecule has 0 spiro atoms. The van der Waals surface area contributed by atoms with Crippen LogP contribution in [0.5, 0.6) is 0 Å². The highest BCUT2D eigenvalue weighted by Gasteiger charge is 2.24. The molecule has 2 N–H and O–H groups in total. The minimum Gasteiger partial charge on any atom is -0.481 e. The smallest absolute Gasteiger partial charge is 0.407 e. The van der Waals surface area contributed by atoms with Gasteiger partial charge in [-0.2, -0.15) is 0 Å². The minimum absolute atomic E-state index is 0.101. The summed E-state index contributed by atoms with van der Waals surface area (Å²) in [7, 11) is 0. The molecule has 0 unspecified atom stereocenters. The van der Waals surface area contributed by atoms with Gasteiger partial charge in [-0.3, -0.25) is 4.79 Å². The van der Waals surface area contributed by atoms with Crippen LogP contribution < -0.4 is 5.32 Å². The number of carbonyl (C=O) groups excluding carboxylic acids is 1. The number of hydrogen-bond acceptors (Lipinski definition) is 3. The van der Waals surface area contributed by atoms with Crippen molar-refractivity contribution in [1.82, 2.24) is 5.32 Å². The van der Waals surface area contributed by atoms with Gasteiger partial charge in [0.05, 0.1) is 5.92 Å². The summed E-state index contributed by atoms with van der Waals surface area (Å²) < 4.78 is 5.23. The fourth-order valence-electron chi connectivity index (χ4n) is 2.38. The van der Waals surface area contributed by atoms with Gasteiger partial charge in [-0.25, -0.2) is 4.79 Å². The van der Waals surface area contributed by atoms with E-state index in [1.165, 1.54) is 0 Å². The third kappa shape index (κ3) is 6.45. The average molecular weight is 271 g/mol. The second-order valence-electron chi connectivity index (χ2n) is 6.24. The molecule has 110 valence electrons. The summed E-state index contributed by atoms with van der Waals surface area (Å²) in [5.41, 5.74) is -0.486. The van der Waals surface area contributed by atoms with Crippen molar-refractivity contribution in [2.45, 2.75) is 70.9 Å². The van der Waals surface area contributed by atoms with Crippen LogP contribution in [0.15, 0.2) is 0 Å². The third-order valence-corrected chi connectivity index (χ3v) is 3.28. The van der Waals surface area contributed by atoms with Gasteiger partial charge in [0.25, 0.3) is 0 Å². The Morgan fingerprint density at radius 1 is 1.11 bits per heavy atom. The quantitative estimate of drug-likeness (QED) is 0.809. The van der Waals surface area contributed by atoms with E-state index in [0.29, 0.717) is 12.8 Å². The topological polar surface area (TPSA) is 75.6 Å². The highest BCUT2D eigenvalue weighted by atomic mass is 16.6. The van der Waals surface area contributed by atoms with Crippen LogP contribution in [0.4, 0.5) is 4.79 Å². The summed E-state index contributed by atoms with van der Waals surface area (Å²) >= 11 is 0. The number of nitrogens with one attached hydrogen (secondary N) is 1. The van der Waals surface area contributed by atoms with E-state index >= 15 is 0 Å². The van der Waals surface area contributed by atoms with Gasteiger partial charge in [-0.05, 0) is 46.5 Å². The standard InChI is InChI=1S/C14H25NO4/c1-14(2,3)19-13(18)15-11-8-4-6-10(12(16)17)7-5-9-11/h10-11H,4-9H2,1-3H3,(H,15,18)(H,16,17). The molecule has 1 aliphatic carbocycles. The maximum atomic E-state index is 11.7. The SMILES string of the molecule is CC(C)(C)OC(=O)NC1CCCC(C(=O)O)CCC1. The highest BCUT2D eigenvalue weighted by Crippen LogP contribution is 2.23. The normalized spacial score (nSPS) is 25.0. The zero-order valence-electron chi connectivity index (χ0n) is 12.1. The fourth-order valence-corrected chi connectivity index (χ4v) is 2.38. The molecule has 1 amide bonds. The second kappa shape index (κ2) is 6.78. The third-order valence-electron chi connectivity index (χ3n) is 3.28. The number of ether oxygens (including phenoxy) is 1. The Labute approximate surface area is 114 Å². The number of carboxylic acid groups (broad SMARTS) is 1. The number of amides is 1. The zero-order chi connectivity index (χ0) is 14.5. The van der Waals surface area contributed by atoms with Crippen molar-refractivity contribution in [3.8, 4) is 0 Å². The lowest BCUT2D eigenvalue weighted by molar-refractivity contribution is -0.142. The molecule has 19 heavy (non-hydrogen) atoms. The molecule has 1 fully saturated rings. The van der Waals surface area contributed by atoms with Crippen LogP contribution in [-0.4, -0.2) is 28.8 Å². The Kier molecular flexibility index (Phi) is 5.63. The molecular formula is C14H25NO4. The van der Waals surface area contributed by atoms with Crippen LogP contribution in [-0.2, 0) is 9.53 Å². The predicted molar refractivity (Wildman–Crippen MR) is 72.0 cm³/mol. The first kappa shape index (κ1) is 15.8. The summed E-state index contributed by atoms with van der Waals surface area (Å²) in [5, 5.41) is 11.9. The first-order chi connectivity index (χ1) is 8.78. The van der Waals surface area contributed by atoms with Gasteiger partial charge in [-0.15, -0.1) is 0 Å². The van der Waals surface area contributed by atoms with Gasteiger partial charge in [0.1, 0.15) is 5.60 Å². The average Bonchev–Trinajstić information content (AvgIpc) is 2.18. The molecule has 0 aromatic rings. The molecule has 5 nitrogen and oxygen atoms in total. The van der Waals surface area contributed by atoms with Gasteiger partial charge >= 0.3 is 12.1 Å². The van der Waals surface area contributed by atoms with Crippen LogP contribution in [0.25, 0.3) is 0 Å². The van der Waals surface area contributed by atoms with Crippen LogP contribution in [0.3, 0.4) is 0 Å². The Morgan fingerprint density at radius 3 is 2.05 bits per heavy atom. The lowest BCUT2D eigenvalue weighted by atomic mass is 9.89. The molecule has 0 aromatic carbocycles. The first-order valence-electron chi connectivity index (χ1n) is 7.00. The van der Waals surface area contributed by atoms with Crippen molar-refractivity contribution in [3.63, 3.8) is 0 Å². The Morgan fingerprint density at radius 2 is 1.63 bits per heavy atom. The van der Waals surface area contributed by atoms with E-state index in [2.05, 4.69) is 5.32 Å². The number of alkyl carbamates (subject to hydrolysis) is 1. The predicted octanol–water partition coefficient (Wildman–Crippen LogP) is 2.93. The van der Waals surface area contributed by atoms with Crippen LogP contribution >= 0.6 is 0 Å². The number of carboxylic acids is 1. The molecule has 0 saturated heterocycles. The van der Waals surface area contributed by atoms with Crippen LogP contribution in [0.2, 0.25) is 0 Å². The Hall–Kier alpha value is -1.26.